The molecule has 1 heterocycles. The van der Waals surface area contributed by atoms with Gasteiger partial charge in [-0.1, -0.05) is 155 Å². The van der Waals surface area contributed by atoms with Crippen LogP contribution in [-0.4, -0.2) is 45.4 Å². The summed E-state index contributed by atoms with van der Waals surface area (Å²) in [5, 5.41) is 0. The molecular weight excluding hydrogens is 520 g/mol. The Morgan fingerprint density at radius 3 is 1.48 bits per heavy atom. The van der Waals surface area contributed by atoms with Gasteiger partial charge in [0.1, 0.15) is 0 Å². The molecule has 1 aliphatic rings. The molecule has 2 atom stereocenters. The molecule has 252 valence electrons. The highest BCUT2D eigenvalue weighted by Crippen LogP contribution is 2.16. The zero-order valence-electron chi connectivity index (χ0n) is 28.8. The van der Waals surface area contributed by atoms with Crippen molar-refractivity contribution in [3.05, 3.63) is 0 Å². The molecule has 1 saturated heterocycles. The van der Waals surface area contributed by atoms with Crippen molar-refractivity contribution in [3.63, 3.8) is 0 Å². The quantitative estimate of drug-likeness (QED) is 0.0692. The molecule has 0 radical (unpaired) electrons. The van der Waals surface area contributed by atoms with Crippen LogP contribution in [0.4, 0.5) is 0 Å². The highest BCUT2D eigenvalue weighted by Gasteiger charge is 2.15. The van der Waals surface area contributed by atoms with Gasteiger partial charge in [0.15, 0.2) is 6.29 Å². The van der Waals surface area contributed by atoms with E-state index in [0.29, 0.717) is 0 Å². The lowest BCUT2D eigenvalue weighted by Crippen LogP contribution is -2.24. The third-order valence-corrected chi connectivity index (χ3v) is 8.91. The summed E-state index contributed by atoms with van der Waals surface area (Å²) in [4.78, 5) is 0. The van der Waals surface area contributed by atoms with E-state index in [1.807, 2.05) is 0 Å². The van der Waals surface area contributed by atoms with Crippen LogP contribution in [0.1, 0.15) is 200 Å². The van der Waals surface area contributed by atoms with Crippen LogP contribution in [0.15, 0.2) is 0 Å². The minimum atomic E-state index is 0.0150. The fourth-order valence-corrected chi connectivity index (χ4v) is 6.04. The van der Waals surface area contributed by atoms with Gasteiger partial charge in [0, 0.05) is 26.4 Å². The van der Waals surface area contributed by atoms with E-state index in [-0.39, 0.29) is 12.4 Å². The summed E-state index contributed by atoms with van der Waals surface area (Å²) >= 11 is 0. The van der Waals surface area contributed by atoms with Crippen molar-refractivity contribution in [3.8, 4) is 0 Å². The average molecular weight is 597 g/mol. The molecule has 2 unspecified atom stereocenters. The maximum absolute atomic E-state index is 6.33. The number of hydrogen-bond donors (Lipinski definition) is 0. The van der Waals surface area contributed by atoms with E-state index in [9.17, 15) is 0 Å². The van der Waals surface area contributed by atoms with E-state index in [0.717, 1.165) is 52.3 Å². The summed E-state index contributed by atoms with van der Waals surface area (Å²) in [5.74, 6) is 0. The zero-order valence-corrected chi connectivity index (χ0v) is 28.8. The van der Waals surface area contributed by atoms with Gasteiger partial charge in [0.05, 0.1) is 12.7 Å². The Labute approximate surface area is 264 Å². The standard InChI is InChI=1S/C38H76O4/c1-3-5-7-9-11-13-15-17-19-21-23-26-32-39-36-37(30-29-35-42-38-31-25-28-34-41-38)40-33-27-24-22-20-18-16-14-12-10-8-6-4-2/h37-38H,3-36H2,1-2H3. The molecule has 0 N–H and O–H groups in total. The maximum Gasteiger partial charge on any atom is 0.157 e. The van der Waals surface area contributed by atoms with Crippen LogP contribution in [0, 0.1) is 0 Å². The second kappa shape index (κ2) is 33.7. The summed E-state index contributed by atoms with van der Waals surface area (Å²) in [6, 6.07) is 0. The fourth-order valence-electron chi connectivity index (χ4n) is 6.04. The molecule has 1 rings (SSSR count). The lowest BCUT2D eigenvalue weighted by atomic mass is 10.1. The van der Waals surface area contributed by atoms with E-state index in [2.05, 4.69) is 13.8 Å². The minimum Gasteiger partial charge on any atom is -0.379 e. The lowest BCUT2D eigenvalue weighted by Gasteiger charge is -2.23. The van der Waals surface area contributed by atoms with Gasteiger partial charge in [0.25, 0.3) is 0 Å². The number of rotatable bonds is 34. The normalized spacial score (nSPS) is 16.3. The average Bonchev–Trinajstić information content (AvgIpc) is 3.01. The van der Waals surface area contributed by atoms with E-state index in [1.54, 1.807) is 0 Å². The van der Waals surface area contributed by atoms with Gasteiger partial charge in [-0.15, -0.1) is 0 Å². The van der Waals surface area contributed by atoms with Crippen molar-refractivity contribution in [2.75, 3.05) is 33.0 Å². The van der Waals surface area contributed by atoms with E-state index < -0.39 is 0 Å². The van der Waals surface area contributed by atoms with Crippen molar-refractivity contribution in [2.45, 2.75) is 212 Å². The van der Waals surface area contributed by atoms with Crippen LogP contribution in [-0.2, 0) is 18.9 Å². The summed E-state index contributed by atoms with van der Waals surface area (Å²) < 4.78 is 24.1. The Bertz CT molecular complexity index is 493. The first-order valence-electron chi connectivity index (χ1n) is 19.3. The predicted octanol–water partition coefficient (Wildman–Crippen LogP) is 12.1. The first-order valence-corrected chi connectivity index (χ1v) is 19.3. The monoisotopic (exact) mass is 597 g/mol. The lowest BCUT2D eigenvalue weighted by molar-refractivity contribution is -0.163. The molecule has 0 saturated carbocycles. The summed E-state index contributed by atoms with van der Waals surface area (Å²) in [6.45, 7) is 8.69. The zero-order chi connectivity index (χ0) is 30.0. The molecule has 0 aromatic rings. The fraction of sp³-hybridized carbons (Fsp3) is 1.00. The maximum atomic E-state index is 6.33. The van der Waals surface area contributed by atoms with Crippen molar-refractivity contribution in [1.29, 1.82) is 0 Å². The van der Waals surface area contributed by atoms with Crippen LogP contribution in [0.5, 0.6) is 0 Å². The Hall–Kier alpha value is -0.160. The SMILES string of the molecule is CCCCCCCCCCCCCCOCC(CCCOC1CCCCO1)OCCCCCCCCCCCCCC. The van der Waals surface area contributed by atoms with Gasteiger partial charge in [-0.2, -0.15) is 0 Å². The summed E-state index contributed by atoms with van der Waals surface area (Å²) in [7, 11) is 0. The Morgan fingerprint density at radius 1 is 0.524 bits per heavy atom. The van der Waals surface area contributed by atoms with Crippen molar-refractivity contribution in [1.82, 2.24) is 0 Å². The molecule has 0 aliphatic carbocycles. The Kier molecular flexibility index (Phi) is 32.0. The van der Waals surface area contributed by atoms with Crippen LogP contribution < -0.4 is 0 Å². The van der Waals surface area contributed by atoms with E-state index in [4.69, 9.17) is 18.9 Å². The van der Waals surface area contributed by atoms with Crippen LogP contribution in [0.3, 0.4) is 0 Å². The van der Waals surface area contributed by atoms with Crippen molar-refractivity contribution in [2.24, 2.45) is 0 Å². The molecule has 42 heavy (non-hydrogen) atoms. The summed E-state index contributed by atoms with van der Waals surface area (Å²) in [6.07, 6.45) is 38.9. The molecule has 4 heteroatoms. The number of ether oxygens (including phenoxy) is 4. The van der Waals surface area contributed by atoms with Gasteiger partial charge in [0.2, 0.25) is 0 Å². The molecule has 0 spiro atoms. The second-order valence-corrected chi connectivity index (χ2v) is 13.2. The summed E-state index contributed by atoms with van der Waals surface area (Å²) in [5.41, 5.74) is 0. The third-order valence-electron chi connectivity index (χ3n) is 8.91. The number of unbranched alkanes of at least 4 members (excludes halogenated alkanes) is 22. The van der Waals surface area contributed by atoms with Gasteiger partial charge < -0.3 is 18.9 Å². The first kappa shape index (κ1) is 39.9. The molecule has 0 bridgehead atoms. The molecule has 1 aliphatic heterocycles. The highest BCUT2D eigenvalue weighted by atomic mass is 16.7. The van der Waals surface area contributed by atoms with Gasteiger partial charge in [-0.3, -0.25) is 0 Å². The van der Waals surface area contributed by atoms with Crippen molar-refractivity contribution < 1.29 is 18.9 Å². The Balaban J connectivity index is 2.04. The van der Waals surface area contributed by atoms with Crippen LogP contribution >= 0.6 is 0 Å². The van der Waals surface area contributed by atoms with Crippen LogP contribution in [0.25, 0.3) is 0 Å². The molecule has 0 aromatic carbocycles. The molecular formula is C38H76O4. The molecule has 4 nitrogen and oxygen atoms in total. The first-order chi connectivity index (χ1) is 20.9. The largest absolute Gasteiger partial charge is 0.379 e. The van der Waals surface area contributed by atoms with Gasteiger partial charge >= 0.3 is 0 Å². The van der Waals surface area contributed by atoms with Crippen LogP contribution in [0.2, 0.25) is 0 Å². The second-order valence-electron chi connectivity index (χ2n) is 13.2. The third kappa shape index (κ3) is 28.6. The minimum absolute atomic E-state index is 0.0150. The molecule has 0 amide bonds. The Morgan fingerprint density at radius 2 is 1.00 bits per heavy atom. The van der Waals surface area contributed by atoms with E-state index >= 15 is 0 Å². The van der Waals surface area contributed by atoms with Gasteiger partial charge in [-0.05, 0) is 44.9 Å². The van der Waals surface area contributed by atoms with Gasteiger partial charge in [-0.25, -0.2) is 0 Å². The molecule has 0 aromatic heterocycles. The predicted molar refractivity (Wildman–Crippen MR) is 181 cm³/mol. The van der Waals surface area contributed by atoms with Crippen molar-refractivity contribution >= 4 is 0 Å². The topological polar surface area (TPSA) is 36.9 Å². The number of hydrogen-bond acceptors (Lipinski definition) is 4. The van der Waals surface area contributed by atoms with E-state index in [1.165, 1.54) is 167 Å². The molecule has 1 fully saturated rings. The smallest absolute Gasteiger partial charge is 0.157 e. The highest BCUT2D eigenvalue weighted by molar-refractivity contribution is 4.60.